The van der Waals surface area contributed by atoms with Crippen LogP contribution in [0.2, 0.25) is 5.02 Å². The zero-order valence-corrected chi connectivity index (χ0v) is 12.6. The summed E-state index contributed by atoms with van der Waals surface area (Å²) in [7, 11) is 1.68. The maximum atomic E-state index is 6.12. The average Bonchev–Trinajstić information content (AvgIpc) is 2.34. The molecule has 3 heteroatoms. The van der Waals surface area contributed by atoms with Crippen molar-refractivity contribution in [2.45, 2.75) is 52.5 Å². The van der Waals surface area contributed by atoms with Crippen LogP contribution in [0, 0.1) is 6.92 Å². The molecule has 0 atom stereocenters. The summed E-state index contributed by atoms with van der Waals surface area (Å²) in [5.41, 5.74) is 2.12. The highest BCUT2D eigenvalue weighted by atomic mass is 35.5. The van der Waals surface area contributed by atoms with Crippen molar-refractivity contribution in [3.8, 4) is 5.75 Å². The summed E-state index contributed by atoms with van der Waals surface area (Å²) in [6, 6.07) is 4.46. The summed E-state index contributed by atoms with van der Waals surface area (Å²) in [6.45, 7) is 6.45. The average molecular weight is 270 g/mol. The van der Waals surface area contributed by atoms with Gasteiger partial charge in [-0.25, -0.2) is 0 Å². The van der Waals surface area contributed by atoms with Crippen molar-refractivity contribution in [2.75, 3.05) is 12.4 Å². The molecule has 0 radical (unpaired) electrons. The molecule has 0 aliphatic rings. The summed E-state index contributed by atoms with van der Waals surface area (Å²) in [5.74, 6) is 0.822. The van der Waals surface area contributed by atoms with Crippen LogP contribution in [0.25, 0.3) is 0 Å². The Morgan fingerprint density at radius 2 is 1.83 bits per heavy atom. The molecule has 1 aromatic rings. The molecular weight excluding hydrogens is 246 g/mol. The fourth-order valence-electron chi connectivity index (χ4n) is 2.15. The van der Waals surface area contributed by atoms with E-state index in [0.29, 0.717) is 6.04 Å². The van der Waals surface area contributed by atoms with Crippen LogP contribution in [-0.4, -0.2) is 13.2 Å². The normalized spacial score (nSPS) is 10.8. The third-order valence-corrected chi connectivity index (χ3v) is 3.52. The predicted molar refractivity (Wildman–Crippen MR) is 80.0 cm³/mol. The van der Waals surface area contributed by atoms with Gasteiger partial charge in [-0.05, 0) is 31.4 Å². The standard InChI is InChI=1S/C15H24ClNO/c1-5-7-12(8-6-2)17-14-9-11(3)13(16)10-15(14)18-4/h9-10,12,17H,5-8H2,1-4H3. The Labute approximate surface area is 116 Å². The molecule has 102 valence electrons. The van der Waals surface area contributed by atoms with Crippen LogP contribution in [0.5, 0.6) is 5.75 Å². The maximum Gasteiger partial charge on any atom is 0.143 e. The molecule has 0 saturated carbocycles. The van der Waals surface area contributed by atoms with Crippen LogP contribution >= 0.6 is 11.6 Å². The van der Waals surface area contributed by atoms with Gasteiger partial charge < -0.3 is 10.1 Å². The molecule has 18 heavy (non-hydrogen) atoms. The molecule has 0 bridgehead atoms. The van der Waals surface area contributed by atoms with Gasteiger partial charge in [0.2, 0.25) is 0 Å². The quantitative estimate of drug-likeness (QED) is 0.749. The molecule has 0 aromatic heterocycles. The lowest BCUT2D eigenvalue weighted by Crippen LogP contribution is -2.19. The Hall–Kier alpha value is -0.890. The number of hydrogen-bond acceptors (Lipinski definition) is 2. The van der Waals surface area contributed by atoms with Crippen molar-refractivity contribution in [1.29, 1.82) is 0 Å². The Morgan fingerprint density at radius 1 is 1.22 bits per heavy atom. The van der Waals surface area contributed by atoms with E-state index in [2.05, 4.69) is 25.2 Å². The van der Waals surface area contributed by atoms with Gasteiger partial charge in [0.15, 0.2) is 0 Å². The van der Waals surface area contributed by atoms with E-state index in [9.17, 15) is 0 Å². The topological polar surface area (TPSA) is 21.3 Å². The van der Waals surface area contributed by atoms with Crippen LogP contribution in [0.15, 0.2) is 12.1 Å². The summed E-state index contributed by atoms with van der Waals surface area (Å²) in [5, 5.41) is 4.33. The minimum Gasteiger partial charge on any atom is -0.495 e. The third kappa shape index (κ3) is 4.09. The number of ether oxygens (including phenoxy) is 1. The van der Waals surface area contributed by atoms with E-state index >= 15 is 0 Å². The fraction of sp³-hybridized carbons (Fsp3) is 0.600. The molecule has 2 nitrogen and oxygen atoms in total. The van der Waals surface area contributed by atoms with Crippen molar-refractivity contribution in [1.82, 2.24) is 0 Å². The van der Waals surface area contributed by atoms with Crippen molar-refractivity contribution < 1.29 is 4.74 Å². The molecule has 0 spiro atoms. The lowest BCUT2D eigenvalue weighted by atomic mass is 10.1. The lowest BCUT2D eigenvalue weighted by molar-refractivity contribution is 0.415. The van der Waals surface area contributed by atoms with Gasteiger partial charge >= 0.3 is 0 Å². The summed E-state index contributed by atoms with van der Waals surface area (Å²) in [6.07, 6.45) is 4.73. The first-order chi connectivity index (χ1) is 8.62. The molecule has 1 aromatic carbocycles. The second-order valence-electron chi connectivity index (χ2n) is 4.72. The minimum absolute atomic E-state index is 0.509. The SMILES string of the molecule is CCCC(CCC)Nc1cc(C)c(Cl)cc1OC. The zero-order chi connectivity index (χ0) is 13.5. The van der Waals surface area contributed by atoms with E-state index in [1.807, 2.05) is 13.0 Å². The number of benzene rings is 1. The van der Waals surface area contributed by atoms with Crippen LogP contribution < -0.4 is 10.1 Å². The van der Waals surface area contributed by atoms with E-state index in [1.165, 1.54) is 25.7 Å². The van der Waals surface area contributed by atoms with Gasteiger partial charge in [-0.1, -0.05) is 38.3 Å². The second kappa shape index (κ2) is 7.52. The maximum absolute atomic E-state index is 6.12. The molecule has 0 aliphatic carbocycles. The number of halogens is 1. The summed E-state index contributed by atoms with van der Waals surface area (Å²) in [4.78, 5) is 0. The van der Waals surface area contributed by atoms with E-state index < -0.39 is 0 Å². The number of nitrogens with one attached hydrogen (secondary N) is 1. The van der Waals surface area contributed by atoms with Gasteiger partial charge in [-0.15, -0.1) is 0 Å². The number of rotatable bonds is 7. The first-order valence-electron chi connectivity index (χ1n) is 6.73. The van der Waals surface area contributed by atoms with Crippen LogP contribution in [-0.2, 0) is 0 Å². The van der Waals surface area contributed by atoms with E-state index in [0.717, 1.165) is 22.0 Å². The van der Waals surface area contributed by atoms with Gasteiger partial charge in [0.1, 0.15) is 5.75 Å². The Bertz CT molecular complexity index is 373. The molecule has 0 amide bonds. The summed E-state index contributed by atoms with van der Waals surface area (Å²) >= 11 is 6.12. The molecule has 1 rings (SSSR count). The third-order valence-electron chi connectivity index (χ3n) is 3.11. The van der Waals surface area contributed by atoms with Gasteiger partial charge in [0.05, 0.1) is 12.8 Å². The van der Waals surface area contributed by atoms with Crippen molar-refractivity contribution in [2.24, 2.45) is 0 Å². The smallest absolute Gasteiger partial charge is 0.143 e. The van der Waals surface area contributed by atoms with Crippen LogP contribution in [0.3, 0.4) is 0 Å². The molecule has 0 fully saturated rings. The monoisotopic (exact) mass is 269 g/mol. The fourth-order valence-corrected chi connectivity index (χ4v) is 2.30. The number of aryl methyl sites for hydroxylation is 1. The van der Waals surface area contributed by atoms with Gasteiger partial charge in [0.25, 0.3) is 0 Å². The highest BCUT2D eigenvalue weighted by Crippen LogP contribution is 2.32. The summed E-state index contributed by atoms with van der Waals surface area (Å²) < 4.78 is 5.39. The Morgan fingerprint density at radius 3 is 2.33 bits per heavy atom. The first kappa shape index (κ1) is 15.2. The molecular formula is C15H24ClNO. The molecule has 1 N–H and O–H groups in total. The van der Waals surface area contributed by atoms with Crippen molar-refractivity contribution >= 4 is 17.3 Å². The van der Waals surface area contributed by atoms with Gasteiger partial charge in [-0.2, -0.15) is 0 Å². The zero-order valence-electron chi connectivity index (χ0n) is 11.8. The Balaban J connectivity index is 2.89. The molecule has 0 heterocycles. The van der Waals surface area contributed by atoms with E-state index in [-0.39, 0.29) is 0 Å². The number of hydrogen-bond donors (Lipinski definition) is 1. The number of methoxy groups -OCH3 is 1. The highest BCUT2D eigenvalue weighted by molar-refractivity contribution is 6.31. The molecule has 0 saturated heterocycles. The van der Waals surface area contributed by atoms with Crippen LogP contribution in [0.4, 0.5) is 5.69 Å². The van der Waals surface area contributed by atoms with E-state index in [1.54, 1.807) is 7.11 Å². The second-order valence-corrected chi connectivity index (χ2v) is 5.13. The number of anilines is 1. The largest absolute Gasteiger partial charge is 0.495 e. The Kier molecular flexibility index (Phi) is 6.34. The lowest BCUT2D eigenvalue weighted by Gasteiger charge is -2.21. The van der Waals surface area contributed by atoms with Gasteiger partial charge in [0, 0.05) is 17.1 Å². The first-order valence-corrected chi connectivity index (χ1v) is 7.10. The predicted octanol–water partition coefficient (Wildman–Crippen LogP) is 5.04. The van der Waals surface area contributed by atoms with Gasteiger partial charge in [-0.3, -0.25) is 0 Å². The molecule has 0 aliphatic heterocycles. The minimum atomic E-state index is 0.509. The van der Waals surface area contributed by atoms with Crippen molar-refractivity contribution in [3.05, 3.63) is 22.7 Å². The van der Waals surface area contributed by atoms with Crippen molar-refractivity contribution in [3.63, 3.8) is 0 Å². The highest BCUT2D eigenvalue weighted by Gasteiger charge is 2.11. The van der Waals surface area contributed by atoms with Crippen LogP contribution in [0.1, 0.15) is 45.1 Å². The molecule has 0 unspecified atom stereocenters. The van der Waals surface area contributed by atoms with E-state index in [4.69, 9.17) is 16.3 Å².